The third-order valence-corrected chi connectivity index (χ3v) is 12.0. The Bertz CT molecular complexity index is 2490. The van der Waals surface area contributed by atoms with E-state index in [0.717, 1.165) is 55.4 Å². The van der Waals surface area contributed by atoms with Gasteiger partial charge >= 0.3 is 47.8 Å². The molecule has 0 aliphatic carbocycles. The second kappa shape index (κ2) is 29.9. The third-order valence-electron chi connectivity index (χ3n) is 12.0. The Morgan fingerprint density at radius 2 is 0.633 bits per heavy atom. The highest BCUT2D eigenvalue weighted by atomic mass is 16.8. The first-order chi connectivity index (χ1) is 37.8. The van der Waals surface area contributed by atoms with Gasteiger partial charge < -0.3 is 75.8 Å². The summed E-state index contributed by atoms with van der Waals surface area (Å²) in [5.41, 5.74) is 2.07. The van der Waals surface area contributed by atoms with E-state index in [9.17, 15) is 38.4 Å². The van der Waals surface area contributed by atoms with Crippen molar-refractivity contribution in [2.45, 2.75) is 167 Å². The van der Waals surface area contributed by atoms with E-state index in [2.05, 4.69) is 0 Å². The molecular weight excluding hydrogens is 1040 g/mol. The van der Waals surface area contributed by atoms with Crippen molar-refractivity contribution in [2.75, 3.05) is 19.8 Å². The second-order valence-electron chi connectivity index (χ2n) is 18.4. The molecule has 79 heavy (non-hydrogen) atoms. The van der Waals surface area contributed by atoms with E-state index >= 15 is 0 Å². The van der Waals surface area contributed by atoms with Gasteiger partial charge in [0.15, 0.2) is 55.5 Å². The van der Waals surface area contributed by atoms with E-state index in [1.807, 2.05) is 36.4 Å². The van der Waals surface area contributed by atoms with Gasteiger partial charge in [-0.15, -0.1) is 0 Å². The Kier molecular flexibility index (Phi) is 23.2. The van der Waals surface area contributed by atoms with Gasteiger partial charge in [-0.25, -0.2) is 0 Å². The van der Waals surface area contributed by atoms with Gasteiger partial charge in [0.25, 0.3) is 0 Å². The van der Waals surface area contributed by atoms with Crippen LogP contribution in [0.1, 0.15) is 72.1 Å². The van der Waals surface area contributed by atoms with Crippen molar-refractivity contribution in [1.82, 2.24) is 0 Å². The largest absolute Gasteiger partial charge is 0.463 e. The van der Waals surface area contributed by atoms with Crippen LogP contribution in [-0.4, -0.2) is 160 Å². The Hall–Kier alpha value is -6.90. The van der Waals surface area contributed by atoms with Gasteiger partial charge in [0, 0.05) is 55.4 Å². The topological polar surface area (TPSA) is 284 Å². The molecule has 0 spiro atoms. The molecule has 3 aromatic carbocycles. The molecule has 3 aliphatic heterocycles. The molecule has 0 N–H and O–H groups in total. The van der Waals surface area contributed by atoms with Crippen LogP contribution in [0.2, 0.25) is 0 Å². The zero-order chi connectivity index (χ0) is 57.2. The summed E-state index contributed by atoms with van der Waals surface area (Å²) < 4.78 is 98.0. The van der Waals surface area contributed by atoms with Crippen molar-refractivity contribution in [1.29, 1.82) is 0 Å². The minimum absolute atomic E-state index is 0.0781. The first-order valence-electron chi connectivity index (χ1n) is 25.3. The SMILES string of the molecule is CC(=O)OCC1OC(OCC2OC(OCc3ccccc3)C(OCc3ccccc3)C(OC3OC(COC(C)=O)C(OC(C)=O)C(OC(C)=O)C3OC(C)=O)C2OCc2ccccc2)C(OC(C)=O)C(OC(C)=O)C1OC(C)=O. The van der Waals surface area contributed by atoms with Gasteiger partial charge in [0.1, 0.15) is 49.8 Å². The van der Waals surface area contributed by atoms with Crippen LogP contribution >= 0.6 is 0 Å². The van der Waals surface area contributed by atoms with Crippen molar-refractivity contribution in [2.24, 2.45) is 0 Å². The Labute approximate surface area is 455 Å². The van der Waals surface area contributed by atoms with Crippen LogP contribution in [0.5, 0.6) is 0 Å². The van der Waals surface area contributed by atoms with Gasteiger partial charge in [-0.05, 0) is 16.7 Å². The first-order valence-corrected chi connectivity index (χ1v) is 25.3. The number of ether oxygens (including phenoxy) is 16. The lowest BCUT2D eigenvalue weighted by atomic mass is 9.95. The molecular formula is C55H66O24. The molecule has 0 aromatic heterocycles. The minimum atomic E-state index is -1.80. The van der Waals surface area contributed by atoms with Gasteiger partial charge in [0.05, 0.1) is 26.4 Å². The standard InChI is InChI=1S/C55H66O24/c1-30(56)64-27-42-45(70-32(3)58)48(72-34(5)60)51(74-36(7)62)54(77-42)69-29-41-44(66-24-38-18-12-9-13-19-38)47(50(67-25-39-20-14-10-15-21-39)53(76-41)68-26-40-22-16-11-17-23-40)79-55-52(75-37(8)63)49(73-35(6)61)46(71-33(4)59)43(78-55)28-65-31(2)57/h9-23,41-55H,24-29H2,1-8H3. The van der Waals surface area contributed by atoms with Crippen molar-refractivity contribution < 1.29 is 114 Å². The molecule has 24 heteroatoms. The zero-order valence-corrected chi connectivity index (χ0v) is 44.9. The summed E-state index contributed by atoms with van der Waals surface area (Å²) in [6.07, 6.45) is -23.0. The summed E-state index contributed by atoms with van der Waals surface area (Å²) in [6.45, 7) is 6.72. The molecule has 24 nitrogen and oxygen atoms in total. The molecule has 15 unspecified atom stereocenters. The number of carbonyl (C=O) groups excluding carboxylic acids is 8. The van der Waals surface area contributed by atoms with Crippen LogP contribution in [0, 0.1) is 0 Å². The van der Waals surface area contributed by atoms with Gasteiger partial charge in [-0.2, -0.15) is 0 Å². The zero-order valence-electron chi connectivity index (χ0n) is 44.9. The monoisotopic (exact) mass is 1110 g/mol. The fraction of sp³-hybridized carbons (Fsp3) is 0.527. The lowest BCUT2D eigenvalue weighted by Gasteiger charge is -2.50. The lowest BCUT2D eigenvalue weighted by molar-refractivity contribution is -0.376. The Morgan fingerprint density at radius 1 is 0.316 bits per heavy atom. The highest BCUT2D eigenvalue weighted by Gasteiger charge is 2.58. The third kappa shape index (κ3) is 18.6. The average Bonchev–Trinajstić information content (AvgIpc) is 3.50. The van der Waals surface area contributed by atoms with Crippen LogP contribution in [0.15, 0.2) is 91.0 Å². The fourth-order valence-corrected chi connectivity index (χ4v) is 8.93. The van der Waals surface area contributed by atoms with Crippen molar-refractivity contribution in [3.8, 4) is 0 Å². The fourth-order valence-electron chi connectivity index (χ4n) is 8.93. The van der Waals surface area contributed by atoms with E-state index in [0.29, 0.717) is 16.7 Å². The van der Waals surface area contributed by atoms with E-state index in [-0.39, 0.29) is 19.8 Å². The molecule has 3 saturated heterocycles. The molecule has 15 atom stereocenters. The first kappa shape index (κ1) is 61.3. The number of hydrogen-bond acceptors (Lipinski definition) is 24. The summed E-state index contributed by atoms with van der Waals surface area (Å²) in [5.74, 6) is -6.75. The summed E-state index contributed by atoms with van der Waals surface area (Å²) >= 11 is 0. The number of hydrogen-bond donors (Lipinski definition) is 0. The average molecular weight is 1110 g/mol. The number of rotatable bonds is 24. The van der Waals surface area contributed by atoms with Crippen LogP contribution in [0.25, 0.3) is 0 Å². The van der Waals surface area contributed by atoms with Gasteiger partial charge in [-0.1, -0.05) is 91.0 Å². The Morgan fingerprint density at radius 3 is 1.03 bits per heavy atom. The predicted molar refractivity (Wildman–Crippen MR) is 265 cm³/mol. The van der Waals surface area contributed by atoms with Crippen LogP contribution in [0.3, 0.4) is 0 Å². The lowest BCUT2D eigenvalue weighted by Crippen LogP contribution is -2.67. The minimum Gasteiger partial charge on any atom is -0.463 e. The van der Waals surface area contributed by atoms with E-state index in [1.54, 1.807) is 54.6 Å². The molecule has 0 radical (unpaired) electrons. The molecule has 0 bridgehead atoms. The molecule has 0 amide bonds. The van der Waals surface area contributed by atoms with Crippen molar-refractivity contribution in [3.05, 3.63) is 108 Å². The van der Waals surface area contributed by atoms with E-state index in [1.165, 1.54) is 0 Å². The highest BCUT2D eigenvalue weighted by Crippen LogP contribution is 2.38. The quantitative estimate of drug-likeness (QED) is 0.0913. The summed E-state index contributed by atoms with van der Waals surface area (Å²) in [5, 5.41) is 0. The van der Waals surface area contributed by atoms with Crippen molar-refractivity contribution >= 4 is 47.8 Å². The maximum atomic E-state index is 13.1. The molecule has 3 heterocycles. The summed E-state index contributed by atoms with van der Waals surface area (Å²) in [6, 6.07) is 27.0. The summed E-state index contributed by atoms with van der Waals surface area (Å²) in [7, 11) is 0. The molecule has 3 aliphatic rings. The van der Waals surface area contributed by atoms with E-state index < -0.39 is 160 Å². The van der Waals surface area contributed by atoms with E-state index in [4.69, 9.17) is 75.8 Å². The van der Waals surface area contributed by atoms with Crippen LogP contribution in [0.4, 0.5) is 0 Å². The number of benzene rings is 3. The van der Waals surface area contributed by atoms with Crippen LogP contribution in [-0.2, 0) is 134 Å². The smallest absolute Gasteiger partial charge is 0.303 e. The maximum absolute atomic E-state index is 13.1. The predicted octanol–water partition coefficient (Wildman–Crippen LogP) is 3.67. The maximum Gasteiger partial charge on any atom is 0.303 e. The highest BCUT2D eigenvalue weighted by molar-refractivity contribution is 5.70. The Balaban J connectivity index is 1.51. The number of esters is 8. The number of carbonyl (C=O) groups is 8. The summed E-state index contributed by atoms with van der Waals surface area (Å²) in [4.78, 5) is 101. The molecule has 6 rings (SSSR count). The van der Waals surface area contributed by atoms with Crippen LogP contribution < -0.4 is 0 Å². The molecule has 3 aromatic rings. The second-order valence-corrected chi connectivity index (χ2v) is 18.4. The van der Waals surface area contributed by atoms with Gasteiger partial charge in [-0.3, -0.25) is 38.4 Å². The molecule has 430 valence electrons. The molecule has 0 saturated carbocycles. The molecule has 3 fully saturated rings. The normalized spacial score (nSPS) is 28.4. The van der Waals surface area contributed by atoms with Crippen molar-refractivity contribution in [3.63, 3.8) is 0 Å². The van der Waals surface area contributed by atoms with Gasteiger partial charge in [0.2, 0.25) is 0 Å².